The lowest BCUT2D eigenvalue weighted by Crippen LogP contribution is -2.38. The average molecular weight is 396 g/mol. The van der Waals surface area contributed by atoms with E-state index in [2.05, 4.69) is 25.1 Å². The molecule has 0 unspecified atom stereocenters. The van der Waals surface area contributed by atoms with Crippen LogP contribution in [-0.2, 0) is 16.6 Å². The summed E-state index contributed by atoms with van der Waals surface area (Å²) < 4.78 is 65.1. The van der Waals surface area contributed by atoms with Crippen LogP contribution >= 0.6 is 0 Å². The standard InChI is InChI=1S/C15H23F3N4O3S/c1-19-14(20-8-3-9-22-26(2,23)24)21-10-12-4-6-13(7-5-12)25-11-15(16,17)18/h4-7,22H,3,8-11H2,1-2H3,(H2,19,20,21). The van der Waals surface area contributed by atoms with Crippen LogP contribution in [0.25, 0.3) is 0 Å². The number of nitrogens with zero attached hydrogens (tertiary/aromatic N) is 1. The predicted octanol–water partition coefficient (Wildman–Crippen LogP) is 1.23. The number of alkyl halides is 3. The van der Waals surface area contributed by atoms with Gasteiger partial charge in [-0.15, -0.1) is 0 Å². The number of hydrogen-bond acceptors (Lipinski definition) is 4. The molecule has 0 atom stereocenters. The minimum Gasteiger partial charge on any atom is -0.484 e. The van der Waals surface area contributed by atoms with Gasteiger partial charge in [0.05, 0.1) is 6.26 Å². The van der Waals surface area contributed by atoms with Gasteiger partial charge in [-0.2, -0.15) is 13.2 Å². The predicted molar refractivity (Wildman–Crippen MR) is 93.7 cm³/mol. The average Bonchev–Trinajstić information content (AvgIpc) is 2.54. The molecule has 0 aliphatic rings. The van der Waals surface area contributed by atoms with Gasteiger partial charge < -0.3 is 15.4 Å². The Hall–Kier alpha value is -2.01. The van der Waals surface area contributed by atoms with E-state index < -0.39 is 22.8 Å². The summed E-state index contributed by atoms with van der Waals surface area (Å²) in [6.07, 6.45) is -2.69. The smallest absolute Gasteiger partial charge is 0.422 e. The number of sulfonamides is 1. The maximum Gasteiger partial charge on any atom is 0.422 e. The molecule has 11 heteroatoms. The number of halogens is 3. The summed E-state index contributed by atoms with van der Waals surface area (Å²) in [5.41, 5.74) is 0.839. The Morgan fingerprint density at radius 1 is 1.15 bits per heavy atom. The van der Waals surface area contributed by atoms with Crippen LogP contribution in [0.3, 0.4) is 0 Å². The maximum absolute atomic E-state index is 12.1. The van der Waals surface area contributed by atoms with Gasteiger partial charge in [-0.25, -0.2) is 13.1 Å². The molecule has 7 nitrogen and oxygen atoms in total. The molecule has 0 aromatic heterocycles. The van der Waals surface area contributed by atoms with Gasteiger partial charge in [-0.1, -0.05) is 12.1 Å². The zero-order valence-electron chi connectivity index (χ0n) is 14.6. The van der Waals surface area contributed by atoms with Crippen molar-refractivity contribution in [2.45, 2.75) is 19.1 Å². The summed E-state index contributed by atoms with van der Waals surface area (Å²) in [7, 11) is -1.59. The second-order valence-electron chi connectivity index (χ2n) is 5.42. The summed E-state index contributed by atoms with van der Waals surface area (Å²) in [5, 5.41) is 6.08. The van der Waals surface area contributed by atoms with Crippen LogP contribution in [-0.4, -0.2) is 53.6 Å². The van der Waals surface area contributed by atoms with Crippen molar-refractivity contribution in [3.8, 4) is 5.75 Å². The number of ether oxygens (including phenoxy) is 1. The van der Waals surface area contributed by atoms with Crippen LogP contribution in [0.4, 0.5) is 13.2 Å². The third-order valence-corrected chi connectivity index (χ3v) is 3.75. The monoisotopic (exact) mass is 396 g/mol. The number of nitrogens with one attached hydrogen (secondary N) is 3. The van der Waals surface area contributed by atoms with Crippen molar-refractivity contribution in [1.82, 2.24) is 15.4 Å². The molecule has 0 fully saturated rings. The number of hydrogen-bond donors (Lipinski definition) is 3. The molecule has 0 bridgehead atoms. The molecule has 0 heterocycles. The molecule has 26 heavy (non-hydrogen) atoms. The van der Waals surface area contributed by atoms with E-state index in [0.29, 0.717) is 32.0 Å². The molecule has 148 valence electrons. The Morgan fingerprint density at radius 2 is 1.81 bits per heavy atom. The lowest BCUT2D eigenvalue weighted by Gasteiger charge is -2.13. The molecular formula is C15H23F3N4O3S. The van der Waals surface area contributed by atoms with Crippen molar-refractivity contribution >= 4 is 16.0 Å². The van der Waals surface area contributed by atoms with Crippen molar-refractivity contribution < 1.29 is 26.3 Å². The van der Waals surface area contributed by atoms with E-state index in [1.807, 2.05) is 0 Å². The molecular weight excluding hydrogens is 373 g/mol. The zero-order chi connectivity index (χ0) is 19.6. The van der Waals surface area contributed by atoms with Crippen molar-refractivity contribution in [3.63, 3.8) is 0 Å². The van der Waals surface area contributed by atoms with Gasteiger partial charge in [0.1, 0.15) is 5.75 Å². The maximum atomic E-state index is 12.1. The number of guanidine groups is 1. The summed E-state index contributed by atoms with van der Waals surface area (Å²) in [6.45, 7) is -0.0647. The van der Waals surface area contributed by atoms with Gasteiger partial charge in [0, 0.05) is 26.7 Å². The summed E-state index contributed by atoms with van der Waals surface area (Å²) in [5.74, 6) is 0.675. The number of aliphatic imine (C=N–C) groups is 1. The molecule has 1 aromatic carbocycles. The quantitative estimate of drug-likeness (QED) is 0.332. The molecule has 0 aliphatic carbocycles. The Bertz CT molecular complexity index is 676. The highest BCUT2D eigenvalue weighted by atomic mass is 32.2. The van der Waals surface area contributed by atoms with Crippen LogP contribution in [0.2, 0.25) is 0 Å². The molecule has 0 saturated heterocycles. The van der Waals surface area contributed by atoms with Gasteiger partial charge in [-0.05, 0) is 24.1 Å². The Labute approximate surface area is 151 Å². The van der Waals surface area contributed by atoms with Gasteiger partial charge in [0.2, 0.25) is 10.0 Å². The molecule has 0 radical (unpaired) electrons. The van der Waals surface area contributed by atoms with Gasteiger partial charge in [0.25, 0.3) is 0 Å². The molecule has 0 spiro atoms. The minimum absolute atomic E-state index is 0.145. The summed E-state index contributed by atoms with van der Waals surface area (Å²) in [4.78, 5) is 4.03. The van der Waals surface area contributed by atoms with E-state index >= 15 is 0 Å². The van der Waals surface area contributed by atoms with E-state index in [-0.39, 0.29) is 5.75 Å². The molecule has 0 saturated carbocycles. The number of benzene rings is 1. The van der Waals surface area contributed by atoms with Crippen molar-refractivity contribution in [2.24, 2.45) is 4.99 Å². The second kappa shape index (κ2) is 10.2. The van der Waals surface area contributed by atoms with Gasteiger partial charge >= 0.3 is 6.18 Å². The van der Waals surface area contributed by atoms with Crippen LogP contribution in [0.1, 0.15) is 12.0 Å². The van der Waals surface area contributed by atoms with Crippen molar-refractivity contribution in [2.75, 3.05) is 33.0 Å². The van der Waals surface area contributed by atoms with E-state index in [4.69, 9.17) is 0 Å². The second-order valence-corrected chi connectivity index (χ2v) is 7.25. The van der Waals surface area contributed by atoms with E-state index in [0.717, 1.165) is 11.8 Å². The fraction of sp³-hybridized carbons (Fsp3) is 0.533. The highest BCUT2D eigenvalue weighted by molar-refractivity contribution is 7.88. The lowest BCUT2D eigenvalue weighted by molar-refractivity contribution is -0.153. The fourth-order valence-corrected chi connectivity index (χ4v) is 2.34. The first kappa shape index (κ1) is 22.0. The van der Waals surface area contributed by atoms with Crippen molar-refractivity contribution in [1.29, 1.82) is 0 Å². The normalized spacial score (nSPS) is 12.7. The molecule has 3 N–H and O–H groups in total. The van der Waals surface area contributed by atoms with Gasteiger partial charge in [0.15, 0.2) is 12.6 Å². The summed E-state index contributed by atoms with van der Waals surface area (Å²) >= 11 is 0. The molecule has 0 amide bonds. The first-order valence-electron chi connectivity index (χ1n) is 7.77. The van der Waals surface area contributed by atoms with Crippen LogP contribution in [0, 0.1) is 0 Å². The topological polar surface area (TPSA) is 91.8 Å². The molecule has 0 aliphatic heterocycles. The third kappa shape index (κ3) is 10.8. The SMILES string of the molecule is CN=C(NCCCNS(C)(=O)=O)NCc1ccc(OCC(F)(F)F)cc1. The molecule has 1 rings (SSSR count). The van der Waals surface area contributed by atoms with E-state index in [9.17, 15) is 21.6 Å². The first-order chi connectivity index (χ1) is 12.1. The Kier molecular flexibility index (Phi) is 8.66. The van der Waals surface area contributed by atoms with Crippen LogP contribution in [0.15, 0.2) is 29.3 Å². The van der Waals surface area contributed by atoms with E-state index in [1.54, 1.807) is 19.2 Å². The summed E-state index contributed by atoms with van der Waals surface area (Å²) in [6, 6.07) is 6.25. The van der Waals surface area contributed by atoms with Crippen LogP contribution < -0.4 is 20.1 Å². The van der Waals surface area contributed by atoms with Gasteiger partial charge in [-0.3, -0.25) is 4.99 Å². The Morgan fingerprint density at radius 3 is 2.35 bits per heavy atom. The first-order valence-corrected chi connectivity index (χ1v) is 9.66. The fourth-order valence-electron chi connectivity index (χ4n) is 1.83. The lowest BCUT2D eigenvalue weighted by atomic mass is 10.2. The minimum atomic E-state index is -4.37. The zero-order valence-corrected chi connectivity index (χ0v) is 15.4. The number of rotatable bonds is 9. The highest BCUT2D eigenvalue weighted by Gasteiger charge is 2.28. The van der Waals surface area contributed by atoms with E-state index in [1.165, 1.54) is 12.1 Å². The van der Waals surface area contributed by atoms with Crippen molar-refractivity contribution in [3.05, 3.63) is 29.8 Å². The highest BCUT2D eigenvalue weighted by Crippen LogP contribution is 2.18. The third-order valence-electron chi connectivity index (χ3n) is 3.02. The van der Waals surface area contributed by atoms with Crippen LogP contribution in [0.5, 0.6) is 5.75 Å². The Balaban J connectivity index is 2.32. The largest absolute Gasteiger partial charge is 0.484 e. The molecule has 1 aromatic rings.